The van der Waals surface area contributed by atoms with Crippen molar-refractivity contribution in [3.05, 3.63) is 21.4 Å². The highest BCUT2D eigenvalue weighted by atomic mass is 16.1. The minimum Gasteiger partial charge on any atom is -0.289 e. The van der Waals surface area contributed by atoms with Crippen LogP contribution in [0.4, 0.5) is 0 Å². The Kier molecular flexibility index (Phi) is 2.25. The molecule has 1 aromatic rings. The first kappa shape index (κ1) is 7.52. The zero-order valence-corrected chi connectivity index (χ0v) is 6.74. The van der Waals surface area contributed by atoms with Crippen LogP contribution in [0.2, 0.25) is 0 Å². The van der Waals surface area contributed by atoms with Crippen LogP contribution in [-0.4, -0.2) is 0 Å². The summed E-state index contributed by atoms with van der Waals surface area (Å²) in [6.07, 6.45) is 4.23. The normalized spacial score (nSPS) is 11.0. The van der Waals surface area contributed by atoms with Gasteiger partial charge in [0.1, 0.15) is 0 Å². The molecule has 0 radical (unpaired) electrons. The fourth-order valence-electron chi connectivity index (χ4n) is 1.28. The second kappa shape index (κ2) is 3.00. The molecule has 0 unspecified atom stereocenters. The molecule has 1 aromatic carbocycles. The lowest BCUT2D eigenvalue weighted by Crippen LogP contribution is -1.81. The highest BCUT2D eigenvalue weighted by Gasteiger charge is 2.18. The van der Waals surface area contributed by atoms with Crippen molar-refractivity contribution in [1.82, 2.24) is 0 Å². The van der Waals surface area contributed by atoms with E-state index in [4.69, 9.17) is 0 Å². The molecule has 0 aromatic heterocycles. The minimum absolute atomic E-state index is 0.365. The van der Waals surface area contributed by atoms with Crippen molar-refractivity contribution in [1.29, 1.82) is 0 Å². The predicted molar refractivity (Wildman–Crippen MR) is 43.1 cm³/mol. The van der Waals surface area contributed by atoms with Gasteiger partial charge >= 0.3 is 0 Å². The van der Waals surface area contributed by atoms with Gasteiger partial charge in [0.25, 0.3) is 0 Å². The SMILES string of the molecule is CCCc1c(CCC)c1=O. The van der Waals surface area contributed by atoms with Crippen molar-refractivity contribution in [3.8, 4) is 0 Å². The molecule has 0 heterocycles. The summed E-state index contributed by atoms with van der Waals surface area (Å²) in [7, 11) is 0. The van der Waals surface area contributed by atoms with E-state index in [2.05, 4.69) is 13.8 Å². The Morgan fingerprint density at radius 3 is 1.70 bits per heavy atom. The summed E-state index contributed by atoms with van der Waals surface area (Å²) in [6, 6.07) is 0. The van der Waals surface area contributed by atoms with Gasteiger partial charge in [-0.05, 0) is 12.8 Å². The molecule has 56 valence electrons. The van der Waals surface area contributed by atoms with Gasteiger partial charge in [-0.3, -0.25) is 4.79 Å². The summed E-state index contributed by atoms with van der Waals surface area (Å²) < 4.78 is 0. The third-order valence-electron chi connectivity index (χ3n) is 1.85. The number of rotatable bonds is 4. The first-order valence-electron chi connectivity index (χ1n) is 4.08. The second-order valence-corrected chi connectivity index (χ2v) is 2.79. The van der Waals surface area contributed by atoms with Gasteiger partial charge in [0, 0.05) is 11.1 Å². The second-order valence-electron chi connectivity index (χ2n) is 2.79. The molecule has 0 aliphatic rings. The smallest absolute Gasteiger partial charge is 0.185 e. The van der Waals surface area contributed by atoms with E-state index in [1.165, 1.54) is 0 Å². The first-order chi connectivity index (χ1) is 4.81. The topological polar surface area (TPSA) is 17.1 Å². The van der Waals surface area contributed by atoms with Gasteiger partial charge in [-0.1, -0.05) is 26.7 Å². The van der Waals surface area contributed by atoms with Crippen molar-refractivity contribution in [2.24, 2.45) is 0 Å². The molecule has 0 spiro atoms. The molecular formula is C9H14O. The quantitative estimate of drug-likeness (QED) is 0.620. The Bertz CT molecular complexity index is 195. The first-order valence-corrected chi connectivity index (χ1v) is 4.08. The van der Waals surface area contributed by atoms with E-state index in [1.807, 2.05) is 0 Å². The largest absolute Gasteiger partial charge is 0.289 e. The molecule has 0 fully saturated rings. The van der Waals surface area contributed by atoms with Crippen LogP contribution in [0.15, 0.2) is 4.79 Å². The van der Waals surface area contributed by atoms with E-state index in [9.17, 15) is 4.79 Å². The zero-order chi connectivity index (χ0) is 7.56. The Balaban J connectivity index is 2.44. The third kappa shape index (κ3) is 1.28. The van der Waals surface area contributed by atoms with Gasteiger partial charge in [0.2, 0.25) is 0 Å². The lowest BCUT2D eigenvalue weighted by molar-refractivity contribution is 0.904. The summed E-state index contributed by atoms with van der Waals surface area (Å²) in [5.41, 5.74) is 2.62. The molecule has 0 aliphatic heterocycles. The maximum atomic E-state index is 10.9. The van der Waals surface area contributed by atoms with Gasteiger partial charge in [-0.2, -0.15) is 0 Å². The molecule has 0 bridgehead atoms. The van der Waals surface area contributed by atoms with Crippen LogP contribution in [0.5, 0.6) is 0 Å². The highest BCUT2D eigenvalue weighted by molar-refractivity contribution is 5.39. The van der Waals surface area contributed by atoms with Crippen molar-refractivity contribution in [2.45, 2.75) is 39.5 Å². The number of hydrogen-bond donors (Lipinski definition) is 0. The van der Waals surface area contributed by atoms with Crippen LogP contribution in [0.3, 0.4) is 0 Å². The maximum Gasteiger partial charge on any atom is 0.185 e. The Hall–Kier alpha value is -0.590. The van der Waals surface area contributed by atoms with E-state index in [0.717, 1.165) is 36.8 Å². The molecule has 0 atom stereocenters. The average molecular weight is 138 g/mol. The lowest BCUT2D eigenvalue weighted by atomic mass is 10.2. The standard InChI is InChI=1S/C9H14O/c1-3-5-7-8(6-4-2)9(7)10/h3-6H2,1-2H3. The van der Waals surface area contributed by atoms with Crippen molar-refractivity contribution in [3.63, 3.8) is 0 Å². The van der Waals surface area contributed by atoms with E-state index >= 15 is 0 Å². The third-order valence-corrected chi connectivity index (χ3v) is 1.85. The molecule has 0 aliphatic carbocycles. The molecule has 0 N–H and O–H groups in total. The average Bonchev–Trinajstić information content (AvgIpc) is 2.48. The van der Waals surface area contributed by atoms with Crippen molar-refractivity contribution >= 4 is 0 Å². The van der Waals surface area contributed by atoms with Crippen LogP contribution < -0.4 is 5.43 Å². The van der Waals surface area contributed by atoms with Crippen LogP contribution in [0.1, 0.15) is 37.8 Å². The van der Waals surface area contributed by atoms with E-state index < -0.39 is 0 Å². The molecule has 1 heteroatoms. The minimum atomic E-state index is 0.365. The number of hydrogen-bond acceptors (Lipinski definition) is 1. The molecule has 0 amide bonds. The lowest BCUT2D eigenvalue weighted by Gasteiger charge is -1.83. The molecule has 0 saturated carbocycles. The van der Waals surface area contributed by atoms with Gasteiger partial charge < -0.3 is 0 Å². The highest BCUT2D eigenvalue weighted by Crippen LogP contribution is 2.12. The van der Waals surface area contributed by atoms with Gasteiger partial charge in [-0.15, -0.1) is 0 Å². The van der Waals surface area contributed by atoms with Crippen molar-refractivity contribution in [2.75, 3.05) is 0 Å². The van der Waals surface area contributed by atoms with Crippen LogP contribution in [0, 0.1) is 0 Å². The molecule has 0 saturated heterocycles. The fraction of sp³-hybridized carbons (Fsp3) is 0.667. The monoisotopic (exact) mass is 138 g/mol. The van der Waals surface area contributed by atoms with E-state index in [-0.39, 0.29) is 0 Å². The Labute approximate surface area is 61.8 Å². The summed E-state index contributed by atoms with van der Waals surface area (Å²) in [5.74, 6) is 0. The molecule has 10 heavy (non-hydrogen) atoms. The summed E-state index contributed by atoms with van der Waals surface area (Å²) in [5, 5.41) is 0. The van der Waals surface area contributed by atoms with Crippen LogP contribution in [-0.2, 0) is 12.8 Å². The van der Waals surface area contributed by atoms with Crippen molar-refractivity contribution < 1.29 is 0 Å². The van der Waals surface area contributed by atoms with Gasteiger partial charge in [0.15, 0.2) is 5.43 Å². The summed E-state index contributed by atoms with van der Waals surface area (Å²) in [6.45, 7) is 4.23. The molecule has 1 nitrogen and oxygen atoms in total. The fourth-order valence-corrected chi connectivity index (χ4v) is 1.28. The summed E-state index contributed by atoms with van der Waals surface area (Å²) >= 11 is 0. The molecule has 1 rings (SSSR count). The Morgan fingerprint density at radius 2 is 1.40 bits per heavy atom. The van der Waals surface area contributed by atoms with Crippen LogP contribution >= 0.6 is 0 Å². The van der Waals surface area contributed by atoms with Gasteiger partial charge in [-0.25, -0.2) is 0 Å². The zero-order valence-electron chi connectivity index (χ0n) is 6.74. The summed E-state index contributed by atoms with van der Waals surface area (Å²) in [4.78, 5) is 10.9. The van der Waals surface area contributed by atoms with E-state index in [0.29, 0.717) is 5.43 Å². The molecular weight excluding hydrogens is 124 g/mol. The van der Waals surface area contributed by atoms with Crippen LogP contribution in [0.25, 0.3) is 0 Å². The maximum absolute atomic E-state index is 10.9. The van der Waals surface area contributed by atoms with Gasteiger partial charge in [0.05, 0.1) is 0 Å². The Morgan fingerprint density at radius 1 is 1.00 bits per heavy atom. The predicted octanol–water partition coefficient (Wildman–Crippen LogP) is 1.83. The van der Waals surface area contributed by atoms with E-state index in [1.54, 1.807) is 0 Å².